The molecule has 0 radical (unpaired) electrons. The van der Waals surface area contributed by atoms with Gasteiger partial charge in [-0.1, -0.05) is 6.07 Å². The Morgan fingerprint density at radius 2 is 2.32 bits per heavy atom. The number of rotatable bonds is 3. The molecule has 1 atom stereocenters. The molecule has 1 aromatic rings. The van der Waals surface area contributed by atoms with Crippen molar-refractivity contribution in [2.75, 3.05) is 26.7 Å². The van der Waals surface area contributed by atoms with Gasteiger partial charge in [-0.15, -0.1) is 0 Å². The van der Waals surface area contributed by atoms with Crippen molar-refractivity contribution < 1.29 is 14.3 Å². The van der Waals surface area contributed by atoms with E-state index in [1.807, 2.05) is 17.0 Å². The molecule has 118 valence electrons. The fourth-order valence-electron chi connectivity index (χ4n) is 3.27. The van der Waals surface area contributed by atoms with Gasteiger partial charge >= 0.3 is 6.09 Å². The zero-order valence-corrected chi connectivity index (χ0v) is 12.8. The van der Waals surface area contributed by atoms with E-state index in [9.17, 15) is 9.59 Å². The number of piperidine rings is 1. The lowest BCUT2D eigenvalue weighted by Crippen LogP contribution is -2.52. The molecule has 0 bridgehead atoms. The Morgan fingerprint density at radius 3 is 3.00 bits per heavy atom. The van der Waals surface area contributed by atoms with Crippen LogP contribution in [0.1, 0.15) is 24.8 Å². The van der Waals surface area contributed by atoms with Gasteiger partial charge in [0.2, 0.25) is 5.91 Å². The number of ether oxygens (including phenoxy) is 1. The smallest absolute Gasteiger partial charge is 0.410 e. The number of likely N-dealkylation sites (N-methyl/N-ethyl adjacent to an activating group) is 1. The van der Waals surface area contributed by atoms with Gasteiger partial charge in [0.05, 0.1) is 13.1 Å². The first kappa shape index (κ1) is 14.8. The van der Waals surface area contributed by atoms with Crippen LogP contribution in [0.25, 0.3) is 0 Å². The number of amides is 2. The van der Waals surface area contributed by atoms with E-state index in [0.29, 0.717) is 25.9 Å². The molecule has 0 saturated carbocycles. The van der Waals surface area contributed by atoms with Gasteiger partial charge < -0.3 is 14.5 Å². The number of likely N-dealkylation sites (tertiary alicyclic amines) is 1. The van der Waals surface area contributed by atoms with Gasteiger partial charge in [0.25, 0.3) is 0 Å². The molecule has 2 aliphatic rings. The molecule has 2 amide bonds. The first-order valence-electron chi connectivity index (χ1n) is 7.69. The Hall–Kier alpha value is -2.11. The number of carbonyl (C=O) groups is 2. The van der Waals surface area contributed by atoms with Gasteiger partial charge in [-0.3, -0.25) is 9.78 Å². The molecule has 0 aromatic carbocycles. The van der Waals surface area contributed by atoms with Gasteiger partial charge in [-0.2, -0.15) is 0 Å². The Morgan fingerprint density at radius 1 is 1.45 bits per heavy atom. The van der Waals surface area contributed by atoms with Crippen molar-refractivity contribution in [1.82, 2.24) is 14.8 Å². The Balaban J connectivity index is 1.58. The van der Waals surface area contributed by atoms with Crippen molar-refractivity contribution in [1.29, 1.82) is 0 Å². The van der Waals surface area contributed by atoms with Gasteiger partial charge in [0, 0.05) is 32.4 Å². The van der Waals surface area contributed by atoms with Gasteiger partial charge in [0.15, 0.2) is 0 Å². The molecule has 2 aliphatic heterocycles. The molecule has 1 aromatic heterocycles. The lowest BCUT2D eigenvalue weighted by atomic mass is 9.92. The monoisotopic (exact) mass is 303 g/mol. The van der Waals surface area contributed by atoms with Crippen LogP contribution in [-0.2, 0) is 16.0 Å². The van der Waals surface area contributed by atoms with Crippen LogP contribution in [0.4, 0.5) is 4.79 Å². The van der Waals surface area contributed by atoms with Crippen molar-refractivity contribution in [3.63, 3.8) is 0 Å². The minimum Gasteiger partial charge on any atom is -0.439 e. The highest BCUT2D eigenvalue weighted by Crippen LogP contribution is 2.31. The number of nitrogens with zero attached hydrogens (tertiary/aromatic N) is 3. The minimum atomic E-state index is -0.506. The lowest BCUT2D eigenvalue weighted by Gasteiger charge is -2.38. The van der Waals surface area contributed by atoms with E-state index in [0.717, 1.165) is 24.9 Å². The van der Waals surface area contributed by atoms with Crippen LogP contribution in [0.15, 0.2) is 24.5 Å². The van der Waals surface area contributed by atoms with Crippen molar-refractivity contribution in [2.24, 2.45) is 0 Å². The van der Waals surface area contributed by atoms with Crippen molar-refractivity contribution in [3.05, 3.63) is 30.1 Å². The standard InChI is InChI=1S/C16H21N3O3/c1-18-11-16(22-15(18)21)7-3-9-19(12-16)14(20)6-5-13-4-2-8-17-10-13/h2,4,8,10H,3,5-7,9,11-12H2,1H3/t16-/m1/s1. The summed E-state index contributed by atoms with van der Waals surface area (Å²) in [5, 5.41) is 0. The van der Waals surface area contributed by atoms with E-state index in [-0.39, 0.29) is 12.0 Å². The van der Waals surface area contributed by atoms with E-state index in [4.69, 9.17) is 4.74 Å². The maximum Gasteiger partial charge on any atom is 0.410 e. The molecule has 2 saturated heterocycles. The highest BCUT2D eigenvalue weighted by atomic mass is 16.6. The van der Waals surface area contributed by atoms with E-state index in [2.05, 4.69) is 4.98 Å². The van der Waals surface area contributed by atoms with Crippen LogP contribution in [0.5, 0.6) is 0 Å². The van der Waals surface area contributed by atoms with Gasteiger partial charge in [-0.25, -0.2) is 4.79 Å². The van der Waals surface area contributed by atoms with Crippen LogP contribution in [0.3, 0.4) is 0 Å². The Kier molecular flexibility index (Phi) is 4.00. The maximum atomic E-state index is 12.4. The van der Waals surface area contributed by atoms with Crippen LogP contribution in [0, 0.1) is 0 Å². The van der Waals surface area contributed by atoms with E-state index in [1.165, 1.54) is 0 Å². The quantitative estimate of drug-likeness (QED) is 0.848. The summed E-state index contributed by atoms with van der Waals surface area (Å²) in [5.41, 5.74) is 0.559. The lowest BCUT2D eigenvalue weighted by molar-refractivity contribution is -0.136. The highest BCUT2D eigenvalue weighted by Gasteiger charge is 2.47. The number of hydrogen-bond donors (Lipinski definition) is 0. The third kappa shape index (κ3) is 3.05. The summed E-state index contributed by atoms with van der Waals surface area (Å²) in [6, 6.07) is 3.86. The molecule has 2 fully saturated rings. The SMILES string of the molecule is CN1C[C@@]2(CCCN(C(=O)CCc3cccnc3)C2)OC1=O. The fourth-order valence-corrected chi connectivity index (χ4v) is 3.27. The van der Waals surface area contributed by atoms with Crippen molar-refractivity contribution in [3.8, 4) is 0 Å². The second-order valence-electron chi connectivity index (χ2n) is 6.19. The first-order chi connectivity index (χ1) is 10.6. The average Bonchev–Trinajstić information content (AvgIpc) is 2.79. The minimum absolute atomic E-state index is 0.119. The molecule has 22 heavy (non-hydrogen) atoms. The third-order valence-corrected chi connectivity index (χ3v) is 4.38. The molecule has 3 rings (SSSR count). The number of carbonyl (C=O) groups excluding carboxylic acids is 2. The Labute approximate surface area is 130 Å². The summed E-state index contributed by atoms with van der Waals surface area (Å²) in [5.74, 6) is 0.119. The molecule has 1 spiro atoms. The molecule has 0 N–H and O–H groups in total. The molecule has 0 unspecified atom stereocenters. The second kappa shape index (κ2) is 5.94. The van der Waals surface area contributed by atoms with Crippen LogP contribution in [-0.4, -0.2) is 59.1 Å². The normalized spacial score (nSPS) is 24.7. The topological polar surface area (TPSA) is 62.7 Å². The molecule has 0 aliphatic carbocycles. The summed E-state index contributed by atoms with van der Waals surface area (Å²) < 4.78 is 5.53. The zero-order valence-electron chi connectivity index (χ0n) is 12.8. The molecule has 6 nitrogen and oxygen atoms in total. The predicted molar refractivity (Wildman–Crippen MR) is 80.2 cm³/mol. The zero-order chi connectivity index (χ0) is 15.6. The highest BCUT2D eigenvalue weighted by molar-refractivity contribution is 5.77. The summed E-state index contributed by atoms with van der Waals surface area (Å²) in [6.45, 7) is 1.82. The fraction of sp³-hybridized carbons (Fsp3) is 0.562. The Bertz CT molecular complexity index is 563. The van der Waals surface area contributed by atoms with Crippen molar-refractivity contribution in [2.45, 2.75) is 31.3 Å². The molecule has 6 heteroatoms. The van der Waals surface area contributed by atoms with Gasteiger partial charge in [-0.05, 0) is 30.9 Å². The van der Waals surface area contributed by atoms with Crippen LogP contribution >= 0.6 is 0 Å². The van der Waals surface area contributed by atoms with E-state index in [1.54, 1.807) is 24.3 Å². The number of pyridine rings is 1. The third-order valence-electron chi connectivity index (χ3n) is 4.38. The summed E-state index contributed by atoms with van der Waals surface area (Å²) in [4.78, 5) is 31.5. The molecular weight excluding hydrogens is 282 g/mol. The summed E-state index contributed by atoms with van der Waals surface area (Å²) in [7, 11) is 1.74. The maximum absolute atomic E-state index is 12.4. The molecular formula is C16H21N3O3. The number of hydrogen-bond acceptors (Lipinski definition) is 4. The summed E-state index contributed by atoms with van der Waals surface area (Å²) >= 11 is 0. The number of aryl methyl sites for hydroxylation is 1. The van der Waals surface area contributed by atoms with Crippen LogP contribution < -0.4 is 0 Å². The van der Waals surface area contributed by atoms with E-state index >= 15 is 0 Å². The van der Waals surface area contributed by atoms with Crippen LogP contribution in [0.2, 0.25) is 0 Å². The molecule has 3 heterocycles. The average molecular weight is 303 g/mol. The van der Waals surface area contributed by atoms with Gasteiger partial charge in [0.1, 0.15) is 5.60 Å². The predicted octanol–water partition coefficient (Wildman–Crippen LogP) is 1.46. The van der Waals surface area contributed by atoms with Crippen molar-refractivity contribution >= 4 is 12.0 Å². The summed E-state index contributed by atoms with van der Waals surface area (Å²) in [6.07, 6.45) is 6.09. The largest absolute Gasteiger partial charge is 0.439 e. The number of aromatic nitrogens is 1. The second-order valence-corrected chi connectivity index (χ2v) is 6.19. The van der Waals surface area contributed by atoms with E-state index < -0.39 is 5.60 Å². The first-order valence-corrected chi connectivity index (χ1v) is 7.69.